The smallest absolute Gasteiger partial charge is 0.181 e. The molecule has 1 N–H and O–H groups in total. The number of H-pyrrole nitrogens is 1. The minimum atomic E-state index is -0.112. The van der Waals surface area contributed by atoms with Crippen molar-refractivity contribution >= 4 is 10.9 Å². The predicted molar refractivity (Wildman–Crippen MR) is 94.4 cm³/mol. The summed E-state index contributed by atoms with van der Waals surface area (Å²) in [5.74, 6) is 1.34. The topological polar surface area (TPSA) is 87.7 Å². The van der Waals surface area contributed by atoms with Crippen LogP contribution in [-0.4, -0.2) is 15.2 Å². The van der Waals surface area contributed by atoms with Crippen LogP contribution in [0.15, 0.2) is 53.4 Å². The Labute approximate surface area is 149 Å². The number of hydrogen-bond donors (Lipinski definition) is 1. The van der Waals surface area contributed by atoms with Gasteiger partial charge in [-0.25, -0.2) is 4.98 Å². The second-order valence-corrected chi connectivity index (χ2v) is 6.28. The van der Waals surface area contributed by atoms with E-state index in [2.05, 4.69) is 27.3 Å². The minimum absolute atomic E-state index is 0.112. The first-order valence-corrected chi connectivity index (χ1v) is 8.39. The highest BCUT2D eigenvalue weighted by molar-refractivity contribution is 5.92. The Morgan fingerprint density at radius 1 is 1.27 bits per heavy atom. The Kier molecular flexibility index (Phi) is 3.25. The summed E-state index contributed by atoms with van der Waals surface area (Å²) in [5, 5.41) is 17.6. The third kappa shape index (κ3) is 2.25. The van der Waals surface area contributed by atoms with Gasteiger partial charge in [0.25, 0.3) is 0 Å². The van der Waals surface area contributed by atoms with Crippen molar-refractivity contribution in [2.75, 3.05) is 0 Å². The summed E-state index contributed by atoms with van der Waals surface area (Å²) < 4.78 is 11.6. The van der Waals surface area contributed by atoms with E-state index in [1.807, 2.05) is 30.3 Å². The van der Waals surface area contributed by atoms with Crippen LogP contribution < -0.4 is 4.74 Å². The number of aromatic nitrogens is 3. The van der Waals surface area contributed by atoms with Crippen molar-refractivity contribution in [3.8, 4) is 23.3 Å². The highest BCUT2D eigenvalue weighted by atomic mass is 16.5. The van der Waals surface area contributed by atoms with Crippen LogP contribution in [0.3, 0.4) is 0 Å². The fourth-order valence-electron chi connectivity index (χ4n) is 3.61. The largest absolute Gasteiger partial charge is 0.486 e. The van der Waals surface area contributed by atoms with Gasteiger partial charge in [0.1, 0.15) is 17.5 Å². The summed E-state index contributed by atoms with van der Waals surface area (Å²) in [6.07, 6.45) is 4.70. The van der Waals surface area contributed by atoms with E-state index in [9.17, 15) is 5.26 Å². The first kappa shape index (κ1) is 14.7. The number of benzene rings is 2. The Hall–Kier alpha value is -3.59. The zero-order valence-electron chi connectivity index (χ0n) is 13.8. The molecule has 126 valence electrons. The summed E-state index contributed by atoms with van der Waals surface area (Å²) in [4.78, 5) is 3.95. The zero-order valence-corrected chi connectivity index (χ0v) is 13.8. The third-order valence-corrected chi connectivity index (χ3v) is 4.79. The molecule has 0 bridgehead atoms. The minimum Gasteiger partial charge on any atom is -0.486 e. The molecular weight excluding hydrogens is 328 g/mol. The maximum absolute atomic E-state index is 9.41. The summed E-state index contributed by atoms with van der Waals surface area (Å²) in [6.45, 7) is 0. The molecule has 0 aliphatic heterocycles. The third-order valence-electron chi connectivity index (χ3n) is 4.79. The number of aromatic amines is 1. The number of nitriles is 1. The molecule has 4 aromatic rings. The number of nitrogens with zero attached hydrogens (tertiary/aromatic N) is 3. The number of nitrogens with one attached hydrogen (secondary N) is 1. The molecule has 0 saturated carbocycles. The Morgan fingerprint density at radius 2 is 2.23 bits per heavy atom. The second kappa shape index (κ2) is 5.74. The molecule has 2 aromatic heterocycles. The monoisotopic (exact) mass is 342 g/mol. The molecule has 1 aliphatic carbocycles. The lowest BCUT2D eigenvalue weighted by Gasteiger charge is -2.16. The molecule has 0 saturated heterocycles. The number of fused-ring (bicyclic) bond motifs is 2. The molecular formula is C20H14N4O2. The molecule has 1 aliphatic rings. The van der Waals surface area contributed by atoms with Gasteiger partial charge in [-0.3, -0.25) is 5.10 Å². The van der Waals surface area contributed by atoms with Crippen molar-refractivity contribution < 1.29 is 9.15 Å². The van der Waals surface area contributed by atoms with Gasteiger partial charge < -0.3 is 9.15 Å². The molecule has 26 heavy (non-hydrogen) atoms. The first-order valence-electron chi connectivity index (χ1n) is 8.39. The van der Waals surface area contributed by atoms with Crippen LogP contribution in [0.1, 0.15) is 29.2 Å². The lowest BCUT2D eigenvalue weighted by atomic mass is 10.0. The lowest BCUT2D eigenvalue weighted by molar-refractivity contribution is 0.207. The number of oxazole rings is 1. The van der Waals surface area contributed by atoms with E-state index in [0.717, 1.165) is 35.1 Å². The van der Waals surface area contributed by atoms with Gasteiger partial charge >= 0.3 is 0 Å². The van der Waals surface area contributed by atoms with Crippen LogP contribution in [0.4, 0.5) is 0 Å². The van der Waals surface area contributed by atoms with E-state index < -0.39 is 0 Å². The Morgan fingerprint density at radius 3 is 3.08 bits per heavy atom. The summed E-state index contributed by atoms with van der Waals surface area (Å²) >= 11 is 0. The fourth-order valence-corrected chi connectivity index (χ4v) is 3.61. The molecule has 0 radical (unpaired) electrons. The maximum atomic E-state index is 9.41. The van der Waals surface area contributed by atoms with Gasteiger partial charge in [-0.05, 0) is 42.7 Å². The van der Waals surface area contributed by atoms with Gasteiger partial charge in [0.05, 0.1) is 23.3 Å². The average molecular weight is 342 g/mol. The van der Waals surface area contributed by atoms with Crippen molar-refractivity contribution in [1.29, 1.82) is 5.26 Å². The lowest BCUT2D eigenvalue weighted by Crippen LogP contribution is -2.05. The molecule has 0 spiro atoms. The molecule has 1 atom stereocenters. The number of hydrogen-bond acceptors (Lipinski definition) is 5. The van der Waals surface area contributed by atoms with Gasteiger partial charge in [-0.15, -0.1) is 0 Å². The molecule has 6 nitrogen and oxygen atoms in total. The number of ether oxygens (including phenoxy) is 1. The number of aryl methyl sites for hydroxylation is 1. The van der Waals surface area contributed by atoms with Crippen LogP contribution in [0.5, 0.6) is 5.75 Å². The van der Waals surface area contributed by atoms with Crippen LogP contribution in [0.25, 0.3) is 22.4 Å². The summed E-state index contributed by atoms with van der Waals surface area (Å²) in [7, 11) is 0. The van der Waals surface area contributed by atoms with Gasteiger partial charge in [0, 0.05) is 10.9 Å². The Balaban J connectivity index is 1.52. The van der Waals surface area contributed by atoms with Gasteiger partial charge in [-0.1, -0.05) is 12.1 Å². The van der Waals surface area contributed by atoms with Crippen molar-refractivity contribution in [3.05, 3.63) is 65.7 Å². The second-order valence-electron chi connectivity index (χ2n) is 6.28. The quantitative estimate of drug-likeness (QED) is 0.604. The van der Waals surface area contributed by atoms with Crippen LogP contribution in [0, 0.1) is 11.3 Å². The Bertz CT molecular complexity index is 1140. The first-order chi connectivity index (χ1) is 12.8. The molecule has 5 rings (SSSR count). The molecule has 0 amide bonds. The molecule has 0 fully saturated rings. The maximum Gasteiger partial charge on any atom is 0.181 e. The molecule has 2 aromatic carbocycles. The van der Waals surface area contributed by atoms with E-state index in [4.69, 9.17) is 9.15 Å². The van der Waals surface area contributed by atoms with E-state index in [1.54, 1.807) is 6.20 Å². The van der Waals surface area contributed by atoms with Crippen molar-refractivity contribution in [1.82, 2.24) is 15.2 Å². The molecule has 6 heteroatoms. The fraction of sp³-hybridized carbons (Fsp3) is 0.150. The summed E-state index contributed by atoms with van der Waals surface area (Å²) in [6, 6.07) is 13.9. The van der Waals surface area contributed by atoms with E-state index >= 15 is 0 Å². The van der Waals surface area contributed by atoms with E-state index in [0.29, 0.717) is 17.0 Å². The predicted octanol–water partition coefficient (Wildman–Crippen LogP) is 4.16. The van der Waals surface area contributed by atoms with Gasteiger partial charge in [-0.2, -0.15) is 10.4 Å². The molecule has 2 heterocycles. The standard InChI is InChI=1S/C20H14N4O2/c21-9-13-3-1-2-12-4-7-17(19(12)13)26-14-5-6-16-15(8-14)20(24-23-16)18-10-22-11-25-18/h1-3,5-6,8,10-11,17H,4,7H2,(H,23,24)/t17-/m0/s1. The van der Waals surface area contributed by atoms with E-state index in [1.165, 1.54) is 12.0 Å². The van der Waals surface area contributed by atoms with Gasteiger partial charge in [0.15, 0.2) is 12.2 Å². The van der Waals surface area contributed by atoms with Crippen LogP contribution in [-0.2, 0) is 6.42 Å². The van der Waals surface area contributed by atoms with E-state index in [-0.39, 0.29) is 6.10 Å². The van der Waals surface area contributed by atoms with Crippen LogP contribution >= 0.6 is 0 Å². The highest BCUT2D eigenvalue weighted by Crippen LogP contribution is 2.38. The summed E-state index contributed by atoms with van der Waals surface area (Å²) in [5.41, 5.74) is 4.50. The SMILES string of the molecule is N#Cc1cccc2c1[C@@H](Oc1ccc3[nH]nc(-c4cnco4)c3c1)CC2. The number of rotatable bonds is 3. The normalized spacial score (nSPS) is 15.7. The van der Waals surface area contributed by atoms with Crippen molar-refractivity contribution in [3.63, 3.8) is 0 Å². The average Bonchev–Trinajstić information content (AvgIpc) is 3.40. The van der Waals surface area contributed by atoms with Crippen molar-refractivity contribution in [2.24, 2.45) is 0 Å². The zero-order chi connectivity index (χ0) is 17.5. The van der Waals surface area contributed by atoms with Gasteiger partial charge in [0.2, 0.25) is 0 Å². The highest BCUT2D eigenvalue weighted by Gasteiger charge is 2.27. The van der Waals surface area contributed by atoms with Crippen LogP contribution in [0.2, 0.25) is 0 Å². The van der Waals surface area contributed by atoms with Crippen molar-refractivity contribution in [2.45, 2.75) is 18.9 Å². The molecule has 0 unspecified atom stereocenters.